The molecule has 0 spiro atoms. The summed E-state index contributed by atoms with van der Waals surface area (Å²) in [6, 6.07) is 10.7. The van der Waals surface area contributed by atoms with E-state index in [2.05, 4.69) is 75.3 Å². The molecule has 1 aromatic carbocycles. The van der Waals surface area contributed by atoms with Gasteiger partial charge in [0.2, 0.25) is 0 Å². The molecule has 0 amide bonds. The maximum atomic E-state index is 5.49. The van der Waals surface area contributed by atoms with Crippen LogP contribution in [0, 0.1) is 6.92 Å². The molecule has 0 aliphatic carbocycles. The normalized spacial score (nSPS) is 12.6. The molecule has 3 aromatic rings. The second kappa shape index (κ2) is 6.17. The maximum Gasteiger partial charge on any atom is 0.142 e. The molecule has 0 aliphatic rings. The van der Waals surface area contributed by atoms with Crippen molar-refractivity contribution in [2.24, 2.45) is 0 Å². The van der Waals surface area contributed by atoms with E-state index in [1.54, 1.807) is 0 Å². The largest absolute Gasteiger partial charge is 0.361 e. The van der Waals surface area contributed by atoms with Crippen LogP contribution in [0.5, 0.6) is 0 Å². The molecule has 0 atom stereocenters. The minimum Gasteiger partial charge on any atom is -0.361 e. The molecule has 0 unspecified atom stereocenters. The summed E-state index contributed by atoms with van der Waals surface area (Å²) in [5, 5.41) is 8.54. The molecule has 4 nitrogen and oxygen atoms in total. The molecule has 0 aliphatic heterocycles. The Kier molecular flexibility index (Phi) is 4.31. The van der Waals surface area contributed by atoms with Gasteiger partial charge < -0.3 is 4.52 Å². The quantitative estimate of drug-likeness (QED) is 0.663. The van der Waals surface area contributed by atoms with E-state index in [1.807, 2.05) is 23.9 Å². The number of rotatable bonds is 4. The fourth-order valence-corrected chi connectivity index (χ4v) is 2.98. The average molecular weight is 337 g/mol. The molecule has 0 N–H and O–H groups in total. The SMILES string of the molecule is Cc1cc(C(C)(C)Cc2cccc(-c3cnn(C(C)(C)C)c3)c2)on1. The molecule has 0 saturated heterocycles. The predicted octanol–water partition coefficient (Wildman–Crippen LogP) is 5.12. The summed E-state index contributed by atoms with van der Waals surface area (Å²) in [7, 11) is 0. The molecular formula is C21H27N3O. The zero-order valence-electron chi connectivity index (χ0n) is 16.0. The Morgan fingerprint density at radius 2 is 1.80 bits per heavy atom. The Morgan fingerprint density at radius 3 is 2.40 bits per heavy atom. The second-order valence-corrected chi connectivity index (χ2v) is 8.44. The zero-order chi connectivity index (χ0) is 18.2. The van der Waals surface area contributed by atoms with Crippen molar-refractivity contribution in [1.29, 1.82) is 0 Å². The van der Waals surface area contributed by atoms with Gasteiger partial charge in [0, 0.05) is 23.2 Å². The van der Waals surface area contributed by atoms with Crippen LogP contribution in [-0.4, -0.2) is 14.9 Å². The van der Waals surface area contributed by atoms with E-state index in [1.165, 1.54) is 11.1 Å². The van der Waals surface area contributed by atoms with Crippen molar-refractivity contribution in [3.05, 3.63) is 59.7 Å². The van der Waals surface area contributed by atoms with Gasteiger partial charge in [-0.25, -0.2) is 0 Å². The highest BCUT2D eigenvalue weighted by Gasteiger charge is 2.26. The Bertz CT molecular complexity index is 865. The van der Waals surface area contributed by atoms with Crippen LogP contribution < -0.4 is 0 Å². The number of aryl methyl sites for hydroxylation is 1. The fourth-order valence-electron chi connectivity index (χ4n) is 2.98. The Balaban J connectivity index is 1.85. The topological polar surface area (TPSA) is 43.9 Å². The summed E-state index contributed by atoms with van der Waals surface area (Å²) in [4.78, 5) is 0. The predicted molar refractivity (Wildman–Crippen MR) is 101 cm³/mol. The average Bonchev–Trinajstić information content (AvgIpc) is 3.15. The molecule has 0 radical (unpaired) electrons. The Hall–Kier alpha value is -2.36. The number of aromatic nitrogens is 3. The van der Waals surface area contributed by atoms with Gasteiger partial charge in [0.1, 0.15) is 5.76 Å². The number of hydrogen-bond acceptors (Lipinski definition) is 3. The molecule has 3 rings (SSSR count). The van der Waals surface area contributed by atoms with E-state index in [0.717, 1.165) is 23.4 Å². The van der Waals surface area contributed by atoms with E-state index in [0.29, 0.717) is 0 Å². The van der Waals surface area contributed by atoms with Crippen molar-refractivity contribution < 1.29 is 4.52 Å². The molecule has 2 aromatic heterocycles. The van der Waals surface area contributed by atoms with E-state index in [-0.39, 0.29) is 11.0 Å². The van der Waals surface area contributed by atoms with Crippen LogP contribution in [0.25, 0.3) is 11.1 Å². The summed E-state index contributed by atoms with van der Waals surface area (Å²) in [5.41, 5.74) is 4.42. The van der Waals surface area contributed by atoms with Crippen LogP contribution >= 0.6 is 0 Å². The minimum absolute atomic E-state index is 0.0119. The third-order valence-electron chi connectivity index (χ3n) is 4.47. The lowest BCUT2D eigenvalue weighted by Gasteiger charge is -2.21. The van der Waals surface area contributed by atoms with Gasteiger partial charge in [0.05, 0.1) is 17.4 Å². The Labute approximate surface area is 149 Å². The minimum atomic E-state index is -0.102. The molecule has 132 valence electrons. The maximum absolute atomic E-state index is 5.49. The monoisotopic (exact) mass is 337 g/mol. The van der Waals surface area contributed by atoms with Crippen LogP contribution in [0.3, 0.4) is 0 Å². The summed E-state index contributed by atoms with van der Waals surface area (Å²) in [6.45, 7) is 12.8. The lowest BCUT2D eigenvalue weighted by Crippen LogP contribution is -2.21. The zero-order valence-corrected chi connectivity index (χ0v) is 16.0. The van der Waals surface area contributed by atoms with Gasteiger partial charge in [-0.3, -0.25) is 4.68 Å². The number of hydrogen-bond donors (Lipinski definition) is 0. The van der Waals surface area contributed by atoms with E-state index >= 15 is 0 Å². The molecule has 0 fully saturated rings. The third kappa shape index (κ3) is 3.84. The van der Waals surface area contributed by atoms with Crippen LogP contribution in [0.15, 0.2) is 47.2 Å². The summed E-state index contributed by atoms with van der Waals surface area (Å²) >= 11 is 0. The van der Waals surface area contributed by atoms with Crippen molar-refractivity contribution >= 4 is 0 Å². The lowest BCUT2D eigenvalue weighted by molar-refractivity contribution is 0.313. The molecule has 2 heterocycles. The molecule has 4 heteroatoms. The Morgan fingerprint density at radius 1 is 1.04 bits per heavy atom. The first kappa shape index (κ1) is 17.5. The second-order valence-electron chi connectivity index (χ2n) is 8.44. The van der Waals surface area contributed by atoms with Crippen LogP contribution in [0.1, 0.15) is 51.6 Å². The first-order chi connectivity index (χ1) is 11.6. The van der Waals surface area contributed by atoms with Gasteiger partial charge in [0.25, 0.3) is 0 Å². The van der Waals surface area contributed by atoms with E-state index < -0.39 is 0 Å². The fraction of sp³-hybridized carbons (Fsp3) is 0.429. The molecular weight excluding hydrogens is 310 g/mol. The summed E-state index contributed by atoms with van der Waals surface area (Å²) < 4.78 is 7.50. The van der Waals surface area contributed by atoms with Gasteiger partial charge in [-0.2, -0.15) is 5.10 Å². The van der Waals surface area contributed by atoms with Crippen molar-refractivity contribution in [2.75, 3.05) is 0 Å². The van der Waals surface area contributed by atoms with Crippen molar-refractivity contribution in [3.63, 3.8) is 0 Å². The first-order valence-electron chi connectivity index (χ1n) is 8.73. The van der Waals surface area contributed by atoms with E-state index in [4.69, 9.17) is 4.52 Å². The van der Waals surface area contributed by atoms with Gasteiger partial charge in [0.15, 0.2) is 0 Å². The number of nitrogens with zero attached hydrogens (tertiary/aromatic N) is 3. The van der Waals surface area contributed by atoms with Crippen molar-refractivity contribution in [2.45, 2.75) is 58.9 Å². The van der Waals surface area contributed by atoms with Crippen molar-refractivity contribution in [1.82, 2.24) is 14.9 Å². The standard InChI is InChI=1S/C21H27N3O/c1-15-10-19(25-23-15)21(5,6)12-16-8-7-9-17(11-16)18-13-22-24(14-18)20(2,3)4/h7-11,13-14H,12H2,1-6H3. The van der Waals surface area contributed by atoms with Crippen molar-refractivity contribution in [3.8, 4) is 11.1 Å². The van der Waals surface area contributed by atoms with Crippen LogP contribution in [-0.2, 0) is 17.4 Å². The van der Waals surface area contributed by atoms with Gasteiger partial charge in [-0.15, -0.1) is 0 Å². The molecule has 25 heavy (non-hydrogen) atoms. The highest BCUT2D eigenvalue weighted by Crippen LogP contribution is 2.30. The first-order valence-corrected chi connectivity index (χ1v) is 8.73. The van der Waals surface area contributed by atoms with Crippen LogP contribution in [0.4, 0.5) is 0 Å². The van der Waals surface area contributed by atoms with Crippen LogP contribution in [0.2, 0.25) is 0 Å². The highest BCUT2D eigenvalue weighted by molar-refractivity contribution is 5.62. The molecule has 0 bridgehead atoms. The smallest absolute Gasteiger partial charge is 0.142 e. The lowest BCUT2D eigenvalue weighted by atomic mass is 9.83. The molecule has 0 saturated carbocycles. The number of benzene rings is 1. The van der Waals surface area contributed by atoms with E-state index in [9.17, 15) is 0 Å². The van der Waals surface area contributed by atoms with Gasteiger partial charge in [-0.05, 0) is 45.2 Å². The summed E-state index contributed by atoms with van der Waals surface area (Å²) in [6.07, 6.45) is 4.95. The van der Waals surface area contributed by atoms with Gasteiger partial charge >= 0.3 is 0 Å². The third-order valence-corrected chi connectivity index (χ3v) is 4.47. The summed E-state index contributed by atoms with van der Waals surface area (Å²) in [5.74, 6) is 0.927. The highest BCUT2D eigenvalue weighted by atomic mass is 16.5. The van der Waals surface area contributed by atoms with Gasteiger partial charge in [-0.1, -0.05) is 43.3 Å².